The smallest absolute Gasteiger partial charge is 0.313 e. The fraction of sp³-hybridized carbons (Fsp3) is 0.333. The molecule has 0 spiro atoms. The van der Waals surface area contributed by atoms with E-state index in [1.54, 1.807) is 17.4 Å². The van der Waals surface area contributed by atoms with Crippen LogP contribution < -0.4 is 10.6 Å². The minimum atomic E-state index is -0.764. The summed E-state index contributed by atoms with van der Waals surface area (Å²) in [7, 11) is 0. The van der Waals surface area contributed by atoms with Crippen LogP contribution in [0, 0.1) is 0 Å². The molecule has 9 heteroatoms. The quantitative estimate of drug-likeness (QED) is 0.718. The van der Waals surface area contributed by atoms with E-state index in [1.165, 1.54) is 12.1 Å². The number of thiophene rings is 1. The first-order chi connectivity index (χ1) is 13.0. The molecule has 1 aromatic carbocycles. The van der Waals surface area contributed by atoms with Crippen molar-refractivity contribution >= 4 is 52.0 Å². The zero-order valence-electron chi connectivity index (χ0n) is 14.4. The summed E-state index contributed by atoms with van der Waals surface area (Å²) in [6.07, 6.45) is 0. The molecule has 1 saturated heterocycles. The van der Waals surface area contributed by atoms with Crippen LogP contribution in [-0.4, -0.2) is 49.6 Å². The molecule has 1 fully saturated rings. The minimum Gasteiger partial charge on any atom is -0.379 e. The van der Waals surface area contributed by atoms with Gasteiger partial charge in [0.2, 0.25) is 0 Å². The highest BCUT2D eigenvalue weighted by atomic mass is 35.5. The second-order valence-corrected chi connectivity index (χ2v) is 7.85. The fourth-order valence-corrected chi connectivity index (χ4v) is 4.25. The van der Waals surface area contributed by atoms with Crippen molar-refractivity contribution in [1.29, 1.82) is 0 Å². The molecule has 3 rings (SSSR count). The highest BCUT2D eigenvalue weighted by molar-refractivity contribution is 7.10. The van der Waals surface area contributed by atoms with Gasteiger partial charge in [-0.15, -0.1) is 11.3 Å². The molecule has 0 saturated carbocycles. The number of benzene rings is 1. The molecule has 2 heterocycles. The number of carbonyl (C=O) groups is 2. The van der Waals surface area contributed by atoms with E-state index in [-0.39, 0.29) is 6.04 Å². The number of rotatable bonds is 5. The van der Waals surface area contributed by atoms with Gasteiger partial charge in [-0.25, -0.2) is 0 Å². The normalized spacial score (nSPS) is 15.9. The second kappa shape index (κ2) is 9.52. The predicted molar refractivity (Wildman–Crippen MR) is 108 cm³/mol. The van der Waals surface area contributed by atoms with Gasteiger partial charge in [0.1, 0.15) is 0 Å². The number of hydrogen-bond acceptors (Lipinski definition) is 5. The van der Waals surface area contributed by atoms with E-state index in [9.17, 15) is 9.59 Å². The summed E-state index contributed by atoms with van der Waals surface area (Å²) in [5, 5.41) is 7.99. The molecule has 1 aromatic heterocycles. The van der Waals surface area contributed by atoms with Gasteiger partial charge in [0, 0.05) is 40.2 Å². The van der Waals surface area contributed by atoms with E-state index >= 15 is 0 Å². The molecule has 144 valence electrons. The maximum atomic E-state index is 12.2. The number of nitrogens with one attached hydrogen (secondary N) is 2. The number of hydrogen-bond donors (Lipinski definition) is 2. The lowest BCUT2D eigenvalue weighted by atomic mass is 10.2. The van der Waals surface area contributed by atoms with Gasteiger partial charge in [-0.05, 0) is 29.6 Å². The molecule has 2 N–H and O–H groups in total. The van der Waals surface area contributed by atoms with Gasteiger partial charge in [0.15, 0.2) is 0 Å². The van der Waals surface area contributed by atoms with E-state index in [1.807, 2.05) is 17.5 Å². The highest BCUT2D eigenvalue weighted by Crippen LogP contribution is 2.25. The highest BCUT2D eigenvalue weighted by Gasteiger charge is 2.25. The first-order valence-electron chi connectivity index (χ1n) is 8.43. The van der Waals surface area contributed by atoms with Crippen LogP contribution in [0.4, 0.5) is 5.69 Å². The molecule has 1 atom stereocenters. The zero-order chi connectivity index (χ0) is 19.2. The van der Waals surface area contributed by atoms with Crippen LogP contribution in [0.1, 0.15) is 10.9 Å². The van der Waals surface area contributed by atoms with Crippen molar-refractivity contribution in [2.24, 2.45) is 0 Å². The topological polar surface area (TPSA) is 70.7 Å². The summed E-state index contributed by atoms with van der Waals surface area (Å²) >= 11 is 13.4. The Morgan fingerprint density at radius 2 is 1.85 bits per heavy atom. The fourth-order valence-electron chi connectivity index (χ4n) is 2.86. The van der Waals surface area contributed by atoms with Crippen LogP contribution in [0.25, 0.3) is 0 Å². The molecule has 2 amide bonds. The van der Waals surface area contributed by atoms with E-state index in [0.29, 0.717) is 35.5 Å². The van der Waals surface area contributed by atoms with Crippen LogP contribution in [0.5, 0.6) is 0 Å². The third-order valence-corrected chi connectivity index (χ3v) is 5.55. The molecule has 1 aliphatic heterocycles. The number of ether oxygens (including phenoxy) is 1. The van der Waals surface area contributed by atoms with Crippen LogP contribution in [-0.2, 0) is 14.3 Å². The Kier molecular flexibility index (Phi) is 7.09. The molecular formula is C18H19Cl2N3O3S. The zero-order valence-corrected chi connectivity index (χ0v) is 16.7. The van der Waals surface area contributed by atoms with E-state index in [2.05, 4.69) is 15.5 Å². The minimum absolute atomic E-state index is 0.00580. The van der Waals surface area contributed by atoms with Crippen LogP contribution >= 0.6 is 34.5 Å². The lowest BCUT2D eigenvalue weighted by Gasteiger charge is -2.34. The third-order valence-electron chi connectivity index (χ3n) is 4.14. The van der Waals surface area contributed by atoms with Crippen molar-refractivity contribution < 1.29 is 14.3 Å². The van der Waals surface area contributed by atoms with Gasteiger partial charge >= 0.3 is 11.8 Å². The third kappa shape index (κ3) is 5.67. The summed E-state index contributed by atoms with van der Waals surface area (Å²) in [4.78, 5) is 27.8. The maximum absolute atomic E-state index is 12.2. The Labute approximate surface area is 171 Å². The molecule has 27 heavy (non-hydrogen) atoms. The molecule has 6 nitrogen and oxygen atoms in total. The van der Waals surface area contributed by atoms with Gasteiger partial charge < -0.3 is 15.4 Å². The molecule has 2 aromatic rings. The standard InChI is InChI=1S/C18H19Cl2N3O3S/c19-12-8-13(20)10-14(9-12)22-18(25)17(24)21-11-15(16-2-1-7-27-16)23-3-5-26-6-4-23/h1-2,7-10,15H,3-6,11H2,(H,21,24)(H,22,25). The van der Waals surface area contributed by atoms with Crippen LogP contribution in [0.15, 0.2) is 35.7 Å². The maximum Gasteiger partial charge on any atom is 0.313 e. The Hall–Kier alpha value is -1.64. The van der Waals surface area contributed by atoms with Gasteiger partial charge in [0.05, 0.1) is 19.3 Å². The van der Waals surface area contributed by atoms with Crippen LogP contribution in [0.2, 0.25) is 10.0 Å². The second-order valence-electron chi connectivity index (χ2n) is 6.00. The summed E-state index contributed by atoms with van der Waals surface area (Å²) in [6.45, 7) is 3.22. The van der Waals surface area contributed by atoms with Crippen LogP contribution in [0.3, 0.4) is 0 Å². The SMILES string of the molecule is O=C(NCC(c1cccs1)N1CCOCC1)C(=O)Nc1cc(Cl)cc(Cl)c1. The van der Waals surface area contributed by atoms with Gasteiger partial charge in [-0.2, -0.15) is 0 Å². The predicted octanol–water partition coefficient (Wildman–Crippen LogP) is 3.18. The molecular weight excluding hydrogens is 409 g/mol. The van der Waals surface area contributed by atoms with Gasteiger partial charge in [0.25, 0.3) is 0 Å². The number of anilines is 1. The Morgan fingerprint density at radius 3 is 2.48 bits per heavy atom. The number of halogens is 2. The largest absolute Gasteiger partial charge is 0.379 e. The van der Waals surface area contributed by atoms with Crippen molar-refractivity contribution in [3.63, 3.8) is 0 Å². The Balaban J connectivity index is 1.60. The average Bonchev–Trinajstić information content (AvgIpc) is 3.16. The van der Waals surface area contributed by atoms with Gasteiger partial charge in [-0.3, -0.25) is 14.5 Å². The molecule has 1 unspecified atom stereocenters. The summed E-state index contributed by atoms with van der Waals surface area (Å²) < 4.78 is 5.41. The number of nitrogens with zero attached hydrogens (tertiary/aromatic N) is 1. The molecule has 0 radical (unpaired) electrons. The van der Waals surface area contributed by atoms with Crippen molar-refractivity contribution in [2.45, 2.75) is 6.04 Å². The van der Waals surface area contributed by atoms with Crippen molar-refractivity contribution in [2.75, 3.05) is 38.2 Å². The molecule has 1 aliphatic rings. The number of carbonyl (C=O) groups excluding carboxylic acids is 2. The molecule has 0 bridgehead atoms. The van der Waals surface area contributed by atoms with E-state index < -0.39 is 11.8 Å². The van der Waals surface area contributed by atoms with Gasteiger partial charge in [-0.1, -0.05) is 29.3 Å². The van der Waals surface area contributed by atoms with Crippen molar-refractivity contribution in [1.82, 2.24) is 10.2 Å². The van der Waals surface area contributed by atoms with E-state index in [0.717, 1.165) is 18.0 Å². The Morgan fingerprint density at radius 1 is 1.15 bits per heavy atom. The summed E-state index contributed by atoms with van der Waals surface area (Å²) in [5.74, 6) is -1.47. The first kappa shape index (κ1) is 20.1. The number of morpholine rings is 1. The van der Waals surface area contributed by atoms with Crippen molar-refractivity contribution in [3.8, 4) is 0 Å². The lowest BCUT2D eigenvalue weighted by molar-refractivity contribution is -0.136. The molecule has 0 aliphatic carbocycles. The summed E-state index contributed by atoms with van der Waals surface area (Å²) in [5.41, 5.74) is 0.371. The number of amides is 2. The first-order valence-corrected chi connectivity index (χ1v) is 10.1. The monoisotopic (exact) mass is 427 g/mol. The average molecular weight is 428 g/mol. The lowest BCUT2D eigenvalue weighted by Crippen LogP contribution is -2.45. The Bertz CT molecular complexity index is 775. The summed E-state index contributed by atoms with van der Waals surface area (Å²) in [6, 6.07) is 8.62. The van der Waals surface area contributed by atoms with Crippen molar-refractivity contribution in [3.05, 3.63) is 50.6 Å². The van der Waals surface area contributed by atoms with E-state index in [4.69, 9.17) is 27.9 Å².